The number of hydrogen-bond donors (Lipinski definition) is 1. The average Bonchev–Trinajstić information content (AvgIpc) is 3.43. The van der Waals surface area contributed by atoms with Crippen LogP contribution in [-0.4, -0.2) is 48.9 Å². The van der Waals surface area contributed by atoms with E-state index in [1.54, 1.807) is 18.1 Å². The lowest BCUT2D eigenvalue weighted by molar-refractivity contribution is 0.0785. The zero-order valence-electron chi connectivity index (χ0n) is 15.2. The maximum Gasteiger partial charge on any atom is 0.274 e. The number of H-pyrrole nitrogens is 1. The van der Waals surface area contributed by atoms with Crippen molar-refractivity contribution in [2.75, 3.05) is 13.6 Å². The number of hydrogen-bond acceptors (Lipinski definition) is 3. The quantitative estimate of drug-likeness (QED) is 0.549. The van der Waals surface area contributed by atoms with E-state index in [9.17, 15) is 4.79 Å². The largest absolute Gasteiger partial charge is 0.341 e. The predicted molar refractivity (Wildman–Crippen MR) is 103 cm³/mol. The summed E-state index contributed by atoms with van der Waals surface area (Å²) in [5.74, 6) is -0.0738. The third-order valence-electron chi connectivity index (χ3n) is 4.66. The smallest absolute Gasteiger partial charge is 0.274 e. The van der Waals surface area contributed by atoms with Gasteiger partial charge in [0.25, 0.3) is 5.91 Å². The number of nitrogens with one attached hydrogen (secondary N) is 1. The van der Waals surface area contributed by atoms with E-state index in [0.29, 0.717) is 18.8 Å². The minimum absolute atomic E-state index is 0.0738. The van der Waals surface area contributed by atoms with Gasteiger partial charge in [-0.2, -0.15) is 10.2 Å². The number of para-hydroxylation sites is 1. The summed E-state index contributed by atoms with van der Waals surface area (Å²) in [7, 11) is 1.80. The van der Waals surface area contributed by atoms with Gasteiger partial charge in [-0.05, 0) is 36.1 Å². The van der Waals surface area contributed by atoms with E-state index >= 15 is 0 Å². The molecule has 0 fully saturated rings. The maximum atomic E-state index is 12.6. The Kier molecular flexibility index (Phi) is 4.74. The van der Waals surface area contributed by atoms with Crippen LogP contribution in [0.15, 0.2) is 61.1 Å². The Bertz CT molecular complexity index is 1030. The van der Waals surface area contributed by atoms with Gasteiger partial charge in [0.1, 0.15) is 5.69 Å². The molecule has 0 saturated heterocycles. The van der Waals surface area contributed by atoms with Crippen molar-refractivity contribution in [3.05, 3.63) is 72.4 Å². The lowest BCUT2D eigenvalue weighted by atomic mass is 10.2. The minimum atomic E-state index is -0.0738. The van der Waals surface area contributed by atoms with Gasteiger partial charge in [-0.1, -0.05) is 18.2 Å². The molecule has 0 bridgehead atoms. The van der Waals surface area contributed by atoms with E-state index in [4.69, 9.17) is 0 Å². The highest BCUT2D eigenvalue weighted by molar-refractivity contribution is 5.92. The van der Waals surface area contributed by atoms with E-state index in [2.05, 4.69) is 44.3 Å². The van der Waals surface area contributed by atoms with Gasteiger partial charge < -0.3 is 9.47 Å². The Morgan fingerprint density at radius 1 is 1.19 bits per heavy atom. The summed E-state index contributed by atoms with van der Waals surface area (Å²) in [5.41, 5.74) is 2.52. The summed E-state index contributed by atoms with van der Waals surface area (Å²) in [4.78, 5) is 14.3. The van der Waals surface area contributed by atoms with Gasteiger partial charge in [-0.15, -0.1) is 0 Å². The third-order valence-corrected chi connectivity index (χ3v) is 4.66. The molecule has 7 heteroatoms. The molecule has 7 nitrogen and oxygen atoms in total. The van der Waals surface area contributed by atoms with Crippen molar-refractivity contribution in [2.45, 2.75) is 19.5 Å². The number of aromatic amines is 1. The van der Waals surface area contributed by atoms with Crippen molar-refractivity contribution in [2.24, 2.45) is 0 Å². The molecule has 1 amide bonds. The Morgan fingerprint density at radius 2 is 2.07 bits per heavy atom. The second-order valence-corrected chi connectivity index (χ2v) is 6.63. The SMILES string of the molecule is CN(CCCn1cccn1)C(=O)c1cc(Cn2ccc3ccccc32)[nH]n1. The number of carbonyl (C=O) groups is 1. The number of benzene rings is 1. The van der Waals surface area contributed by atoms with Gasteiger partial charge in [0.15, 0.2) is 0 Å². The first-order chi connectivity index (χ1) is 13.2. The summed E-state index contributed by atoms with van der Waals surface area (Å²) in [6.45, 7) is 2.09. The molecule has 1 aromatic carbocycles. The molecule has 27 heavy (non-hydrogen) atoms. The predicted octanol–water partition coefficient (Wildman–Crippen LogP) is 2.77. The number of nitrogens with zero attached hydrogens (tertiary/aromatic N) is 5. The number of aromatic nitrogens is 5. The molecule has 4 aromatic rings. The van der Waals surface area contributed by atoms with Crippen LogP contribution in [-0.2, 0) is 13.1 Å². The zero-order chi connectivity index (χ0) is 18.6. The highest BCUT2D eigenvalue weighted by atomic mass is 16.2. The van der Waals surface area contributed by atoms with Gasteiger partial charge in [-0.3, -0.25) is 14.6 Å². The fourth-order valence-electron chi connectivity index (χ4n) is 3.21. The lowest BCUT2D eigenvalue weighted by Gasteiger charge is -2.15. The van der Waals surface area contributed by atoms with Crippen LogP contribution in [0.5, 0.6) is 0 Å². The fraction of sp³-hybridized carbons (Fsp3) is 0.250. The van der Waals surface area contributed by atoms with Crippen LogP contribution < -0.4 is 0 Å². The van der Waals surface area contributed by atoms with Crippen molar-refractivity contribution in [1.82, 2.24) is 29.4 Å². The lowest BCUT2D eigenvalue weighted by Crippen LogP contribution is -2.28. The van der Waals surface area contributed by atoms with Crippen molar-refractivity contribution >= 4 is 16.8 Å². The number of carbonyl (C=O) groups excluding carboxylic acids is 1. The van der Waals surface area contributed by atoms with Crippen molar-refractivity contribution in [3.63, 3.8) is 0 Å². The molecule has 4 rings (SSSR count). The third kappa shape index (κ3) is 3.76. The normalized spacial score (nSPS) is 11.1. The van der Waals surface area contributed by atoms with Crippen LogP contribution in [0, 0.1) is 0 Å². The van der Waals surface area contributed by atoms with E-state index in [0.717, 1.165) is 24.2 Å². The molecule has 0 unspecified atom stereocenters. The van der Waals surface area contributed by atoms with Crippen LogP contribution >= 0.6 is 0 Å². The fourth-order valence-corrected chi connectivity index (χ4v) is 3.21. The molecule has 0 aliphatic carbocycles. The highest BCUT2D eigenvalue weighted by Crippen LogP contribution is 2.16. The minimum Gasteiger partial charge on any atom is -0.341 e. The van der Waals surface area contributed by atoms with Crippen molar-refractivity contribution in [3.8, 4) is 0 Å². The van der Waals surface area contributed by atoms with E-state index in [1.165, 1.54) is 5.39 Å². The van der Waals surface area contributed by atoms with Crippen molar-refractivity contribution < 1.29 is 4.79 Å². The van der Waals surface area contributed by atoms with Crippen LogP contribution in [0.2, 0.25) is 0 Å². The topological polar surface area (TPSA) is 71.7 Å². The summed E-state index contributed by atoms with van der Waals surface area (Å²) in [6.07, 6.45) is 6.58. The molecule has 0 radical (unpaired) electrons. The first-order valence-electron chi connectivity index (χ1n) is 9.02. The van der Waals surface area contributed by atoms with Gasteiger partial charge in [0.2, 0.25) is 0 Å². The standard InChI is InChI=1S/C20H22N6O/c1-24(10-5-12-26-11-4-9-21-26)20(27)18-14-17(22-23-18)15-25-13-8-16-6-2-3-7-19(16)25/h2-4,6-9,11,13-14H,5,10,12,15H2,1H3,(H,22,23). The average molecular weight is 362 g/mol. The summed E-state index contributed by atoms with van der Waals surface area (Å²) < 4.78 is 4.01. The van der Waals surface area contributed by atoms with Crippen molar-refractivity contribution in [1.29, 1.82) is 0 Å². The molecular formula is C20H22N6O. The second-order valence-electron chi connectivity index (χ2n) is 6.63. The Balaban J connectivity index is 1.37. The van der Waals surface area contributed by atoms with Gasteiger partial charge in [0.05, 0.1) is 12.2 Å². The Morgan fingerprint density at radius 3 is 2.93 bits per heavy atom. The highest BCUT2D eigenvalue weighted by Gasteiger charge is 2.15. The molecule has 1 N–H and O–H groups in total. The number of aryl methyl sites for hydroxylation is 1. The van der Waals surface area contributed by atoms with Crippen LogP contribution in [0.1, 0.15) is 22.6 Å². The molecular weight excluding hydrogens is 340 g/mol. The molecule has 3 heterocycles. The zero-order valence-corrected chi connectivity index (χ0v) is 15.2. The summed E-state index contributed by atoms with van der Waals surface area (Å²) in [6, 6.07) is 14.1. The van der Waals surface area contributed by atoms with E-state index in [-0.39, 0.29) is 5.91 Å². The molecule has 0 aliphatic rings. The Labute approximate surface area is 157 Å². The molecule has 138 valence electrons. The number of amides is 1. The van der Waals surface area contributed by atoms with Gasteiger partial charge >= 0.3 is 0 Å². The molecule has 0 atom stereocenters. The first-order valence-corrected chi connectivity index (χ1v) is 9.02. The monoisotopic (exact) mass is 362 g/mol. The van der Waals surface area contributed by atoms with Gasteiger partial charge in [0, 0.05) is 44.2 Å². The molecule has 0 saturated carbocycles. The van der Waals surface area contributed by atoms with Gasteiger partial charge in [-0.25, -0.2) is 0 Å². The van der Waals surface area contributed by atoms with Crippen LogP contribution in [0.4, 0.5) is 0 Å². The van der Waals surface area contributed by atoms with Crippen LogP contribution in [0.25, 0.3) is 10.9 Å². The summed E-state index contributed by atoms with van der Waals surface area (Å²) >= 11 is 0. The number of rotatable bonds is 7. The first kappa shape index (κ1) is 17.1. The van der Waals surface area contributed by atoms with E-state index in [1.807, 2.05) is 35.1 Å². The number of fused-ring (bicyclic) bond motifs is 1. The Hall–Kier alpha value is -3.35. The molecule has 0 aliphatic heterocycles. The van der Waals surface area contributed by atoms with Crippen LogP contribution in [0.3, 0.4) is 0 Å². The van der Waals surface area contributed by atoms with E-state index < -0.39 is 0 Å². The molecule has 3 aromatic heterocycles. The molecule has 0 spiro atoms. The summed E-state index contributed by atoms with van der Waals surface area (Å²) in [5, 5.41) is 12.6. The maximum absolute atomic E-state index is 12.6. The second kappa shape index (κ2) is 7.49.